The molecule has 72 valence electrons. The number of ketones is 2. The fourth-order valence-electron chi connectivity index (χ4n) is 3.52. The number of hydrogen-bond acceptors (Lipinski definition) is 3. The molecule has 2 saturated carbocycles. The molecule has 1 heterocycles. The lowest BCUT2D eigenvalue weighted by atomic mass is 9.72. The van der Waals surface area contributed by atoms with Crippen LogP contribution in [0.5, 0.6) is 0 Å². The fraction of sp³-hybridized carbons (Fsp3) is 0.636. The molecule has 0 N–H and O–H groups in total. The molecule has 3 heteroatoms. The second-order valence-electron chi connectivity index (χ2n) is 4.78. The number of carbonyl (C=O) groups excluding carboxylic acids is 2. The van der Waals surface area contributed by atoms with Crippen LogP contribution >= 0.6 is 0 Å². The summed E-state index contributed by atoms with van der Waals surface area (Å²) in [6.07, 6.45) is 4.50. The first-order valence-electron chi connectivity index (χ1n) is 5.18. The average Bonchev–Trinajstić information content (AvgIpc) is 2.74. The Morgan fingerprint density at radius 3 is 2.00 bits per heavy atom. The number of ether oxygens (including phenoxy) is 1. The zero-order chi connectivity index (χ0) is 9.45. The van der Waals surface area contributed by atoms with Crippen LogP contribution in [-0.4, -0.2) is 23.8 Å². The monoisotopic (exact) mass is 190 g/mol. The number of allylic oxidation sites excluding steroid dienone is 2. The molecule has 0 aromatic heterocycles. The standard InChI is InChI=1S/C11H10O3/c12-8-6-4-1-2-5(3-4)7(6)9(13)11-10(8)14-11/h1-2,4-7,10-11H,3H2/t4-,5+,6+,7-,10-,11+. The Morgan fingerprint density at radius 2 is 1.50 bits per heavy atom. The van der Waals surface area contributed by atoms with Crippen molar-refractivity contribution in [3.8, 4) is 0 Å². The van der Waals surface area contributed by atoms with Crippen molar-refractivity contribution in [2.24, 2.45) is 23.7 Å². The molecule has 4 aliphatic rings. The van der Waals surface area contributed by atoms with Crippen molar-refractivity contribution in [3.63, 3.8) is 0 Å². The van der Waals surface area contributed by atoms with Crippen LogP contribution in [0.25, 0.3) is 0 Å². The third-order valence-corrected chi connectivity index (χ3v) is 4.17. The Balaban J connectivity index is 1.84. The molecule has 3 fully saturated rings. The van der Waals surface area contributed by atoms with E-state index in [9.17, 15) is 9.59 Å². The maximum Gasteiger partial charge on any atom is 0.169 e. The first-order chi connectivity index (χ1) is 6.77. The van der Waals surface area contributed by atoms with E-state index in [0.29, 0.717) is 11.8 Å². The van der Waals surface area contributed by atoms with Crippen molar-refractivity contribution in [2.45, 2.75) is 18.6 Å². The first kappa shape index (κ1) is 7.35. The van der Waals surface area contributed by atoms with Crippen LogP contribution in [-0.2, 0) is 14.3 Å². The molecule has 0 amide bonds. The summed E-state index contributed by atoms with van der Waals surface area (Å²) in [7, 11) is 0. The van der Waals surface area contributed by atoms with Crippen LogP contribution in [0.1, 0.15) is 6.42 Å². The third-order valence-electron chi connectivity index (χ3n) is 4.17. The summed E-state index contributed by atoms with van der Waals surface area (Å²) in [5.74, 6) is 0.952. The van der Waals surface area contributed by atoms with Gasteiger partial charge in [-0.1, -0.05) is 12.2 Å². The summed E-state index contributed by atoms with van der Waals surface area (Å²) < 4.78 is 5.14. The van der Waals surface area contributed by atoms with Crippen LogP contribution in [0.15, 0.2) is 12.2 Å². The van der Waals surface area contributed by atoms with Gasteiger partial charge in [-0.25, -0.2) is 0 Å². The summed E-state index contributed by atoms with van der Waals surface area (Å²) in [5.41, 5.74) is 0. The summed E-state index contributed by atoms with van der Waals surface area (Å²) in [6.45, 7) is 0. The molecule has 14 heavy (non-hydrogen) atoms. The summed E-state index contributed by atoms with van der Waals surface area (Å²) in [4.78, 5) is 23.7. The smallest absolute Gasteiger partial charge is 0.169 e. The van der Waals surface area contributed by atoms with Crippen molar-refractivity contribution in [2.75, 3.05) is 0 Å². The zero-order valence-corrected chi connectivity index (χ0v) is 7.55. The molecule has 3 aliphatic carbocycles. The van der Waals surface area contributed by atoms with Crippen molar-refractivity contribution >= 4 is 11.6 Å². The van der Waals surface area contributed by atoms with E-state index in [-0.39, 0.29) is 35.6 Å². The van der Waals surface area contributed by atoms with Crippen LogP contribution in [0.2, 0.25) is 0 Å². The van der Waals surface area contributed by atoms with Crippen LogP contribution in [0.4, 0.5) is 0 Å². The highest BCUT2D eigenvalue weighted by Gasteiger charge is 2.66. The second kappa shape index (κ2) is 2.01. The predicted molar refractivity (Wildman–Crippen MR) is 46.4 cm³/mol. The Kier molecular flexibility index (Phi) is 1.05. The van der Waals surface area contributed by atoms with Gasteiger partial charge in [0.05, 0.1) is 0 Å². The number of fused-ring (bicyclic) bond motifs is 6. The molecule has 2 bridgehead atoms. The van der Waals surface area contributed by atoms with Crippen LogP contribution in [0, 0.1) is 23.7 Å². The molecule has 0 aromatic carbocycles. The normalized spacial score (nSPS) is 57.4. The molecule has 3 nitrogen and oxygen atoms in total. The van der Waals surface area contributed by atoms with Crippen molar-refractivity contribution in [1.29, 1.82) is 0 Å². The average molecular weight is 190 g/mol. The lowest BCUT2D eigenvalue weighted by Gasteiger charge is -2.27. The number of Topliss-reactive ketones (excluding diaryl/α,β-unsaturated/α-hetero) is 2. The van der Waals surface area contributed by atoms with E-state index in [0.717, 1.165) is 6.42 Å². The van der Waals surface area contributed by atoms with E-state index >= 15 is 0 Å². The van der Waals surface area contributed by atoms with Gasteiger partial charge < -0.3 is 4.74 Å². The van der Waals surface area contributed by atoms with Gasteiger partial charge in [0.15, 0.2) is 23.8 Å². The van der Waals surface area contributed by atoms with E-state index in [1.165, 1.54) is 0 Å². The minimum atomic E-state index is -0.364. The lowest BCUT2D eigenvalue weighted by molar-refractivity contribution is -0.135. The maximum atomic E-state index is 11.9. The van der Waals surface area contributed by atoms with Crippen LogP contribution < -0.4 is 0 Å². The third kappa shape index (κ3) is 0.630. The number of rotatable bonds is 0. The largest absolute Gasteiger partial charge is 0.353 e. The van der Waals surface area contributed by atoms with E-state index in [2.05, 4.69) is 12.2 Å². The summed E-state index contributed by atoms with van der Waals surface area (Å²) >= 11 is 0. The Bertz CT molecular complexity index is 350. The molecule has 1 saturated heterocycles. The topological polar surface area (TPSA) is 46.7 Å². The minimum Gasteiger partial charge on any atom is -0.353 e. The van der Waals surface area contributed by atoms with Crippen LogP contribution in [0.3, 0.4) is 0 Å². The molecule has 0 spiro atoms. The van der Waals surface area contributed by atoms with Gasteiger partial charge in [0, 0.05) is 11.8 Å². The van der Waals surface area contributed by atoms with Crippen molar-refractivity contribution in [3.05, 3.63) is 12.2 Å². The van der Waals surface area contributed by atoms with Crippen molar-refractivity contribution in [1.82, 2.24) is 0 Å². The Morgan fingerprint density at radius 1 is 1.00 bits per heavy atom. The van der Waals surface area contributed by atoms with E-state index < -0.39 is 0 Å². The molecule has 4 rings (SSSR count). The highest BCUT2D eigenvalue weighted by Crippen LogP contribution is 2.54. The second-order valence-corrected chi connectivity index (χ2v) is 4.78. The minimum absolute atomic E-state index is 0.0405. The molecule has 0 aromatic rings. The lowest BCUT2D eigenvalue weighted by Crippen LogP contribution is -2.43. The van der Waals surface area contributed by atoms with Gasteiger partial charge >= 0.3 is 0 Å². The van der Waals surface area contributed by atoms with Gasteiger partial charge in [-0.15, -0.1) is 0 Å². The van der Waals surface area contributed by atoms with E-state index in [1.54, 1.807) is 0 Å². The quantitative estimate of drug-likeness (QED) is 0.409. The Hall–Kier alpha value is -0.960. The SMILES string of the molecule is O=C1[C@@H]2[C@H](C(=O)[C@@H]3O[C@H]13)[C@H]1C=C[C@@H]2C1. The number of carbonyl (C=O) groups is 2. The zero-order valence-electron chi connectivity index (χ0n) is 7.55. The Labute approximate surface area is 81.1 Å². The molecule has 0 radical (unpaired) electrons. The van der Waals surface area contributed by atoms with E-state index in [4.69, 9.17) is 4.74 Å². The molecular weight excluding hydrogens is 180 g/mol. The molecule has 1 aliphatic heterocycles. The van der Waals surface area contributed by atoms with Gasteiger partial charge in [-0.05, 0) is 18.3 Å². The van der Waals surface area contributed by atoms with Gasteiger partial charge in [0.2, 0.25) is 0 Å². The maximum absolute atomic E-state index is 11.9. The summed E-state index contributed by atoms with van der Waals surface area (Å²) in [6, 6.07) is 0. The first-order valence-corrected chi connectivity index (χ1v) is 5.18. The summed E-state index contributed by atoms with van der Waals surface area (Å²) in [5, 5.41) is 0. The predicted octanol–water partition coefficient (Wildman–Crippen LogP) is 0.344. The molecule has 6 atom stereocenters. The number of hydrogen-bond donors (Lipinski definition) is 0. The fourth-order valence-corrected chi connectivity index (χ4v) is 3.52. The van der Waals surface area contributed by atoms with Gasteiger partial charge in [0.25, 0.3) is 0 Å². The highest BCUT2D eigenvalue weighted by atomic mass is 16.6. The molecular formula is C11H10O3. The highest BCUT2D eigenvalue weighted by molar-refractivity contribution is 6.06. The van der Waals surface area contributed by atoms with Gasteiger partial charge in [0.1, 0.15) is 0 Å². The van der Waals surface area contributed by atoms with Crippen molar-refractivity contribution < 1.29 is 14.3 Å². The van der Waals surface area contributed by atoms with E-state index in [1.807, 2.05) is 0 Å². The van der Waals surface area contributed by atoms with Gasteiger partial charge in [-0.3, -0.25) is 9.59 Å². The van der Waals surface area contributed by atoms with Gasteiger partial charge in [-0.2, -0.15) is 0 Å². The molecule has 0 unspecified atom stereocenters. The number of epoxide rings is 1.